The van der Waals surface area contributed by atoms with Crippen molar-refractivity contribution in [2.75, 3.05) is 24.3 Å². The van der Waals surface area contributed by atoms with Crippen LogP contribution in [0.3, 0.4) is 0 Å². The van der Waals surface area contributed by atoms with E-state index in [0.717, 1.165) is 11.6 Å². The highest BCUT2D eigenvalue weighted by molar-refractivity contribution is 5.50. The van der Waals surface area contributed by atoms with Crippen LogP contribution in [0.4, 0.5) is 11.6 Å². The summed E-state index contributed by atoms with van der Waals surface area (Å²) in [6, 6.07) is 2.37. The second-order valence-corrected chi connectivity index (χ2v) is 6.46. The topological polar surface area (TPSA) is 59.1 Å². The van der Waals surface area contributed by atoms with Crippen LogP contribution in [0.2, 0.25) is 0 Å². The van der Waals surface area contributed by atoms with Gasteiger partial charge in [-0.05, 0) is 17.8 Å². The predicted molar refractivity (Wildman–Crippen MR) is 81.9 cm³/mol. The first-order valence-electron chi connectivity index (χ1n) is 7.23. The monoisotopic (exact) mass is 278 g/mol. The first kappa shape index (κ1) is 15.0. The Morgan fingerprint density at radius 2 is 1.75 bits per heavy atom. The summed E-state index contributed by atoms with van der Waals surface area (Å²) in [5.41, 5.74) is 0.551. The third kappa shape index (κ3) is 2.59. The molecule has 5 nitrogen and oxygen atoms in total. The van der Waals surface area contributed by atoms with Gasteiger partial charge < -0.3 is 15.4 Å². The highest BCUT2D eigenvalue weighted by Gasteiger charge is 2.65. The van der Waals surface area contributed by atoms with Gasteiger partial charge in [0, 0.05) is 25.8 Å². The molecule has 1 aromatic heterocycles. The van der Waals surface area contributed by atoms with Gasteiger partial charge in [-0.3, -0.25) is 0 Å². The number of hydrogen-bond donors (Lipinski definition) is 2. The molecule has 0 spiro atoms. The Morgan fingerprint density at radius 3 is 2.25 bits per heavy atom. The molecule has 1 fully saturated rings. The summed E-state index contributed by atoms with van der Waals surface area (Å²) >= 11 is 0. The van der Waals surface area contributed by atoms with Gasteiger partial charge in [-0.25, -0.2) is 9.97 Å². The number of nitrogens with zero attached hydrogens (tertiary/aromatic N) is 2. The number of hydrogen-bond acceptors (Lipinski definition) is 5. The molecule has 0 bridgehead atoms. The van der Waals surface area contributed by atoms with Gasteiger partial charge in [-0.2, -0.15) is 0 Å². The molecule has 2 rings (SSSR count). The van der Waals surface area contributed by atoms with E-state index in [2.05, 4.69) is 48.3 Å². The van der Waals surface area contributed by atoms with Crippen LogP contribution in [-0.4, -0.2) is 29.7 Å². The Labute approximate surface area is 121 Å². The Bertz CT molecular complexity index is 471. The van der Waals surface area contributed by atoms with Crippen molar-refractivity contribution in [2.24, 2.45) is 10.8 Å². The van der Waals surface area contributed by atoms with Crippen LogP contribution in [0.15, 0.2) is 6.07 Å². The maximum absolute atomic E-state index is 5.40. The first-order valence-corrected chi connectivity index (χ1v) is 7.23. The van der Waals surface area contributed by atoms with E-state index in [1.54, 1.807) is 0 Å². The normalized spacial score (nSPS) is 19.7. The van der Waals surface area contributed by atoms with Crippen molar-refractivity contribution in [1.29, 1.82) is 0 Å². The molecule has 112 valence electrons. The number of rotatable bonds is 6. The summed E-state index contributed by atoms with van der Waals surface area (Å²) in [7, 11) is 1.86. The van der Waals surface area contributed by atoms with Crippen LogP contribution in [0.5, 0.6) is 0 Å². The molecule has 0 amide bonds. The molecule has 1 aliphatic carbocycles. The van der Waals surface area contributed by atoms with Crippen molar-refractivity contribution in [3.63, 3.8) is 0 Å². The lowest BCUT2D eigenvalue weighted by molar-refractivity contribution is 0.128. The largest absolute Gasteiger partial charge is 0.374 e. The molecule has 0 radical (unpaired) electrons. The smallest absolute Gasteiger partial charge is 0.158 e. The first-order chi connectivity index (χ1) is 9.32. The quantitative estimate of drug-likeness (QED) is 0.838. The van der Waals surface area contributed by atoms with Gasteiger partial charge in [-0.1, -0.05) is 27.7 Å². The second-order valence-electron chi connectivity index (χ2n) is 6.46. The zero-order chi connectivity index (χ0) is 15.0. The van der Waals surface area contributed by atoms with Gasteiger partial charge in [0.15, 0.2) is 5.82 Å². The van der Waals surface area contributed by atoms with Gasteiger partial charge in [0.1, 0.15) is 18.2 Å². The van der Waals surface area contributed by atoms with Gasteiger partial charge in [0.2, 0.25) is 0 Å². The van der Waals surface area contributed by atoms with E-state index in [4.69, 9.17) is 4.74 Å². The van der Waals surface area contributed by atoms with Crippen LogP contribution in [0.1, 0.15) is 40.4 Å². The minimum Gasteiger partial charge on any atom is -0.374 e. The minimum absolute atomic E-state index is 0.276. The molecule has 1 heterocycles. The highest BCUT2D eigenvalue weighted by atomic mass is 16.5. The minimum atomic E-state index is 0.276. The number of ether oxygens (including phenoxy) is 1. The Hall–Kier alpha value is -1.36. The van der Waals surface area contributed by atoms with Crippen LogP contribution in [0, 0.1) is 10.8 Å². The molecule has 1 aliphatic rings. The highest BCUT2D eigenvalue weighted by Crippen LogP contribution is 2.63. The van der Waals surface area contributed by atoms with E-state index in [0.29, 0.717) is 25.1 Å². The number of aromatic nitrogens is 2. The predicted octanol–water partition coefficient (Wildman–Crippen LogP) is 2.90. The Morgan fingerprint density at radius 1 is 1.15 bits per heavy atom. The lowest BCUT2D eigenvalue weighted by Gasteiger charge is -2.11. The fourth-order valence-electron chi connectivity index (χ4n) is 2.66. The third-order valence-electron chi connectivity index (χ3n) is 4.78. The Balaban J connectivity index is 2.15. The van der Waals surface area contributed by atoms with Gasteiger partial charge >= 0.3 is 0 Å². The van der Waals surface area contributed by atoms with Crippen LogP contribution in [0.25, 0.3) is 0 Å². The van der Waals surface area contributed by atoms with E-state index in [1.165, 1.54) is 0 Å². The lowest BCUT2D eigenvalue weighted by atomic mass is 10.0. The van der Waals surface area contributed by atoms with Crippen molar-refractivity contribution in [2.45, 2.75) is 47.3 Å². The zero-order valence-corrected chi connectivity index (χ0v) is 13.4. The average molecular weight is 278 g/mol. The van der Waals surface area contributed by atoms with Crippen molar-refractivity contribution < 1.29 is 4.74 Å². The molecule has 0 aliphatic heterocycles. The molecule has 0 atom stereocenters. The third-order valence-corrected chi connectivity index (χ3v) is 4.78. The lowest BCUT2D eigenvalue weighted by Crippen LogP contribution is -2.13. The van der Waals surface area contributed by atoms with Crippen molar-refractivity contribution >= 4 is 11.6 Å². The maximum atomic E-state index is 5.40. The van der Waals surface area contributed by atoms with Crippen LogP contribution in [-0.2, 0) is 11.3 Å². The molecular weight excluding hydrogens is 252 g/mol. The van der Waals surface area contributed by atoms with Gasteiger partial charge in [0.25, 0.3) is 0 Å². The molecule has 0 aromatic carbocycles. The molecule has 1 aromatic rings. The van der Waals surface area contributed by atoms with Crippen molar-refractivity contribution in [3.05, 3.63) is 11.9 Å². The van der Waals surface area contributed by atoms with Crippen LogP contribution < -0.4 is 10.6 Å². The maximum Gasteiger partial charge on any atom is 0.158 e. The molecule has 20 heavy (non-hydrogen) atoms. The van der Waals surface area contributed by atoms with E-state index >= 15 is 0 Å². The summed E-state index contributed by atoms with van der Waals surface area (Å²) in [4.78, 5) is 8.95. The molecule has 0 saturated heterocycles. The van der Waals surface area contributed by atoms with Crippen LogP contribution >= 0.6 is 0 Å². The van der Waals surface area contributed by atoms with Gasteiger partial charge in [-0.15, -0.1) is 0 Å². The number of nitrogens with one attached hydrogen (secondary N) is 2. The van der Waals surface area contributed by atoms with Crippen molar-refractivity contribution in [1.82, 2.24) is 9.97 Å². The summed E-state index contributed by atoms with van der Waals surface area (Å²) in [6.07, 6.45) is 0. The molecule has 0 unspecified atom stereocenters. The van der Waals surface area contributed by atoms with E-state index in [-0.39, 0.29) is 10.8 Å². The second kappa shape index (κ2) is 5.20. The summed E-state index contributed by atoms with van der Waals surface area (Å²) < 4.78 is 5.40. The average Bonchev–Trinajstić information content (AvgIpc) is 2.78. The molecular formula is C15H26N4O. The number of anilines is 2. The molecule has 1 saturated carbocycles. The molecule has 5 heteroatoms. The summed E-state index contributed by atoms with van der Waals surface area (Å²) in [6.45, 7) is 12.2. The fraction of sp³-hybridized carbons (Fsp3) is 0.733. The van der Waals surface area contributed by atoms with E-state index in [1.807, 2.05) is 20.0 Å². The van der Waals surface area contributed by atoms with E-state index < -0.39 is 0 Å². The van der Waals surface area contributed by atoms with Crippen molar-refractivity contribution in [3.8, 4) is 0 Å². The summed E-state index contributed by atoms with van der Waals surface area (Å²) in [5, 5.41) is 6.61. The summed E-state index contributed by atoms with van der Waals surface area (Å²) in [5.74, 6) is 2.38. The van der Waals surface area contributed by atoms with Gasteiger partial charge in [0.05, 0.1) is 0 Å². The SMILES string of the molecule is CCOCc1nc(NC)cc(NC2C(C)(C)C2(C)C)n1. The van der Waals surface area contributed by atoms with E-state index in [9.17, 15) is 0 Å². The standard InChI is InChI=1S/C15H26N4O/c1-7-20-9-12-17-10(16-6)8-11(18-12)19-13-14(2,3)15(13,4)5/h8,13H,7,9H2,1-6H3,(H2,16,17,18,19). The Kier molecular flexibility index (Phi) is 3.91. The molecule has 2 N–H and O–H groups in total. The fourth-order valence-corrected chi connectivity index (χ4v) is 2.66. The zero-order valence-electron chi connectivity index (χ0n) is 13.4.